The molecule has 5 nitrogen and oxygen atoms in total. The van der Waals surface area contributed by atoms with Gasteiger partial charge < -0.3 is 9.64 Å². The Kier molecular flexibility index (Phi) is 5.75. The molecule has 1 aromatic heterocycles. The maximum Gasteiger partial charge on any atom is 0.222 e. The lowest BCUT2D eigenvalue weighted by Crippen LogP contribution is -2.42. The largest absolute Gasteiger partial charge is 0.474 e. The first-order valence-corrected chi connectivity index (χ1v) is 8.24. The second-order valence-electron chi connectivity index (χ2n) is 6.31. The molecule has 122 valence electrons. The normalized spacial score (nSPS) is 17.4. The minimum atomic E-state index is 0.140. The van der Waals surface area contributed by atoms with Gasteiger partial charge in [-0.2, -0.15) is 4.98 Å². The summed E-state index contributed by atoms with van der Waals surface area (Å²) in [6.07, 6.45) is 3.59. The van der Waals surface area contributed by atoms with Crippen LogP contribution in [0.1, 0.15) is 51.0 Å². The van der Waals surface area contributed by atoms with Gasteiger partial charge in [0.25, 0.3) is 0 Å². The number of hydrogen-bond acceptors (Lipinski definition) is 4. The molecule has 1 atom stereocenters. The molecular formula is C17H27N3O2. The van der Waals surface area contributed by atoms with Crippen LogP contribution in [0, 0.1) is 19.8 Å². The molecule has 1 aliphatic rings. The molecule has 1 saturated heterocycles. The van der Waals surface area contributed by atoms with E-state index in [1.807, 2.05) is 24.8 Å². The maximum absolute atomic E-state index is 12.2. The Morgan fingerprint density at radius 1 is 1.36 bits per heavy atom. The smallest absolute Gasteiger partial charge is 0.222 e. The van der Waals surface area contributed by atoms with E-state index in [1.54, 1.807) is 0 Å². The summed E-state index contributed by atoms with van der Waals surface area (Å²) in [6.45, 7) is 9.64. The summed E-state index contributed by atoms with van der Waals surface area (Å²) in [7, 11) is 0. The zero-order chi connectivity index (χ0) is 16.1. The first kappa shape index (κ1) is 16.7. The molecule has 1 fully saturated rings. The molecule has 1 amide bonds. The molecular weight excluding hydrogens is 278 g/mol. The van der Waals surface area contributed by atoms with Crippen LogP contribution in [-0.4, -0.2) is 40.0 Å². The second-order valence-corrected chi connectivity index (χ2v) is 6.31. The van der Waals surface area contributed by atoms with Gasteiger partial charge in [0.15, 0.2) is 0 Å². The van der Waals surface area contributed by atoms with E-state index in [1.165, 1.54) is 0 Å². The highest BCUT2D eigenvalue weighted by atomic mass is 16.5. The number of amides is 1. The van der Waals surface area contributed by atoms with E-state index in [2.05, 4.69) is 23.8 Å². The average molecular weight is 305 g/mol. The van der Waals surface area contributed by atoms with E-state index in [-0.39, 0.29) is 12.0 Å². The fourth-order valence-corrected chi connectivity index (χ4v) is 2.71. The van der Waals surface area contributed by atoms with E-state index in [0.717, 1.165) is 43.9 Å². The molecule has 0 N–H and O–H groups in total. The van der Waals surface area contributed by atoms with Gasteiger partial charge in [-0.3, -0.25) is 4.79 Å². The Bertz CT molecular complexity index is 490. The van der Waals surface area contributed by atoms with Gasteiger partial charge in [0.1, 0.15) is 11.9 Å². The SMILES string of the molecule is CCC(C)CC(=O)N1CCC(Oc2cc(C)nc(C)n2)CC1. The van der Waals surface area contributed by atoms with Gasteiger partial charge >= 0.3 is 0 Å². The van der Waals surface area contributed by atoms with Crippen molar-refractivity contribution in [1.82, 2.24) is 14.9 Å². The molecule has 2 rings (SSSR count). The van der Waals surface area contributed by atoms with Crippen molar-refractivity contribution in [2.24, 2.45) is 5.92 Å². The van der Waals surface area contributed by atoms with Crippen molar-refractivity contribution in [3.05, 3.63) is 17.6 Å². The zero-order valence-corrected chi connectivity index (χ0v) is 14.1. The Morgan fingerprint density at radius 2 is 2.05 bits per heavy atom. The summed E-state index contributed by atoms with van der Waals surface area (Å²) in [4.78, 5) is 22.7. The molecule has 1 aliphatic heterocycles. The third-order valence-electron chi connectivity index (χ3n) is 4.24. The van der Waals surface area contributed by atoms with Crippen molar-refractivity contribution >= 4 is 5.91 Å². The van der Waals surface area contributed by atoms with E-state index >= 15 is 0 Å². The number of carbonyl (C=O) groups excluding carboxylic acids is 1. The molecule has 0 aromatic carbocycles. The van der Waals surface area contributed by atoms with E-state index in [9.17, 15) is 4.79 Å². The predicted octanol–water partition coefficient (Wildman–Crippen LogP) is 2.90. The first-order chi connectivity index (χ1) is 10.5. The summed E-state index contributed by atoms with van der Waals surface area (Å²) in [5, 5.41) is 0. The fourth-order valence-electron chi connectivity index (χ4n) is 2.71. The van der Waals surface area contributed by atoms with Crippen molar-refractivity contribution < 1.29 is 9.53 Å². The number of nitrogens with zero attached hydrogens (tertiary/aromatic N) is 3. The zero-order valence-electron chi connectivity index (χ0n) is 14.1. The summed E-state index contributed by atoms with van der Waals surface area (Å²) in [6, 6.07) is 1.87. The highest BCUT2D eigenvalue weighted by molar-refractivity contribution is 5.76. The number of aryl methyl sites for hydroxylation is 2. The molecule has 0 radical (unpaired) electrons. The maximum atomic E-state index is 12.2. The van der Waals surface area contributed by atoms with Gasteiger partial charge in [0.2, 0.25) is 11.8 Å². The van der Waals surface area contributed by atoms with Crippen LogP contribution in [0.25, 0.3) is 0 Å². The minimum absolute atomic E-state index is 0.140. The van der Waals surface area contributed by atoms with Gasteiger partial charge in [-0.05, 0) is 19.8 Å². The first-order valence-electron chi connectivity index (χ1n) is 8.24. The summed E-state index contributed by atoms with van der Waals surface area (Å²) < 4.78 is 5.96. The van der Waals surface area contributed by atoms with E-state index in [4.69, 9.17) is 4.74 Å². The Morgan fingerprint density at radius 3 is 2.64 bits per heavy atom. The lowest BCUT2D eigenvalue weighted by atomic mass is 10.0. The van der Waals surface area contributed by atoms with Crippen LogP contribution >= 0.6 is 0 Å². The number of likely N-dealkylation sites (tertiary alicyclic amines) is 1. The van der Waals surface area contributed by atoms with Gasteiger partial charge in [0.05, 0.1) is 0 Å². The highest BCUT2D eigenvalue weighted by Crippen LogP contribution is 2.19. The number of piperidine rings is 1. The van der Waals surface area contributed by atoms with Crippen LogP contribution in [-0.2, 0) is 4.79 Å². The van der Waals surface area contributed by atoms with Gasteiger partial charge in [0, 0.05) is 44.1 Å². The fraction of sp³-hybridized carbons (Fsp3) is 0.706. The molecule has 22 heavy (non-hydrogen) atoms. The lowest BCUT2D eigenvalue weighted by molar-refractivity contribution is -0.133. The molecule has 0 aliphatic carbocycles. The molecule has 0 bridgehead atoms. The van der Waals surface area contributed by atoms with Crippen molar-refractivity contribution in [1.29, 1.82) is 0 Å². The Balaban J connectivity index is 1.83. The van der Waals surface area contributed by atoms with Gasteiger partial charge in [-0.25, -0.2) is 4.98 Å². The third kappa shape index (κ3) is 4.68. The number of aromatic nitrogens is 2. The topological polar surface area (TPSA) is 55.3 Å². The van der Waals surface area contributed by atoms with Crippen LogP contribution in [0.15, 0.2) is 6.07 Å². The molecule has 0 spiro atoms. The minimum Gasteiger partial charge on any atom is -0.474 e. The molecule has 1 aromatic rings. The standard InChI is InChI=1S/C17H27N3O2/c1-5-12(2)10-17(21)20-8-6-15(7-9-20)22-16-11-13(3)18-14(4)19-16/h11-12,15H,5-10H2,1-4H3. The monoisotopic (exact) mass is 305 g/mol. The van der Waals surface area contributed by atoms with Gasteiger partial charge in [-0.15, -0.1) is 0 Å². The summed E-state index contributed by atoms with van der Waals surface area (Å²) >= 11 is 0. The average Bonchev–Trinajstić information content (AvgIpc) is 2.46. The molecule has 2 heterocycles. The quantitative estimate of drug-likeness (QED) is 0.839. The van der Waals surface area contributed by atoms with Crippen molar-refractivity contribution in [2.75, 3.05) is 13.1 Å². The van der Waals surface area contributed by atoms with E-state index < -0.39 is 0 Å². The Hall–Kier alpha value is -1.65. The Labute approximate surface area is 133 Å². The van der Waals surface area contributed by atoms with Gasteiger partial charge in [-0.1, -0.05) is 20.3 Å². The van der Waals surface area contributed by atoms with Crippen LogP contribution in [0.3, 0.4) is 0 Å². The summed E-state index contributed by atoms with van der Waals surface area (Å²) in [5.74, 6) is 2.13. The molecule has 1 unspecified atom stereocenters. The number of hydrogen-bond donors (Lipinski definition) is 0. The van der Waals surface area contributed by atoms with Crippen molar-refractivity contribution in [3.8, 4) is 5.88 Å². The van der Waals surface area contributed by atoms with Crippen molar-refractivity contribution in [2.45, 2.75) is 59.5 Å². The summed E-state index contributed by atoms with van der Waals surface area (Å²) in [5.41, 5.74) is 0.920. The lowest BCUT2D eigenvalue weighted by Gasteiger charge is -2.32. The van der Waals surface area contributed by atoms with E-state index in [0.29, 0.717) is 18.2 Å². The van der Waals surface area contributed by atoms with Crippen molar-refractivity contribution in [3.63, 3.8) is 0 Å². The molecule has 5 heteroatoms. The molecule has 0 saturated carbocycles. The number of ether oxygens (including phenoxy) is 1. The highest BCUT2D eigenvalue weighted by Gasteiger charge is 2.24. The number of rotatable bonds is 5. The predicted molar refractivity (Wildman–Crippen MR) is 85.8 cm³/mol. The van der Waals surface area contributed by atoms with Crippen LogP contribution in [0.2, 0.25) is 0 Å². The second kappa shape index (κ2) is 7.56. The third-order valence-corrected chi connectivity index (χ3v) is 4.24. The van der Waals surface area contributed by atoms with Crippen LogP contribution < -0.4 is 4.74 Å². The van der Waals surface area contributed by atoms with Crippen LogP contribution in [0.5, 0.6) is 5.88 Å². The van der Waals surface area contributed by atoms with Crippen LogP contribution in [0.4, 0.5) is 0 Å². The number of carbonyl (C=O) groups is 1.